The van der Waals surface area contributed by atoms with E-state index in [1.807, 2.05) is 19.1 Å². The van der Waals surface area contributed by atoms with Gasteiger partial charge in [0.15, 0.2) is 5.65 Å². The molecule has 1 fully saturated rings. The fourth-order valence-corrected chi connectivity index (χ4v) is 3.48. The highest BCUT2D eigenvalue weighted by atomic mass is 16.2. The van der Waals surface area contributed by atoms with Crippen LogP contribution in [-0.4, -0.2) is 61.1 Å². The van der Waals surface area contributed by atoms with Gasteiger partial charge in [0.05, 0.1) is 0 Å². The number of aryl methyl sites for hydroxylation is 1. The normalized spacial score (nSPS) is 14.8. The molecule has 0 atom stereocenters. The molecule has 0 saturated carbocycles. The predicted octanol–water partition coefficient (Wildman–Crippen LogP) is 1.07. The molecule has 3 aromatic heterocycles. The first-order valence-electron chi connectivity index (χ1n) is 9.85. The van der Waals surface area contributed by atoms with Crippen LogP contribution in [0.4, 0.5) is 5.82 Å². The number of hydrogen-bond donors (Lipinski definition) is 0. The Balaban J connectivity index is 1.42. The van der Waals surface area contributed by atoms with Gasteiger partial charge in [-0.1, -0.05) is 19.9 Å². The molecule has 152 valence electrons. The van der Waals surface area contributed by atoms with Gasteiger partial charge in [0.1, 0.15) is 18.2 Å². The highest BCUT2D eigenvalue weighted by Gasteiger charge is 2.24. The third kappa shape index (κ3) is 3.85. The highest BCUT2D eigenvalue weighted by Crippen LogP contribution is 2.18. The number of nitrogens with zero attached hydrogens (tertiary/aromatic N) is 7. The summed E-state index contributed by atoms with van der Waals surface area (Å²) >= 11 is 0. The lowest BCUT2D eigenvalue weighted by Gasteiger charge is -2.35. The molecular formula is C20H25N7O2. The predicted molar refractivity (Wildman–Crippen MR) is 109 cm³/mol. The Bertz CT molecular complexity index is 1090. The van der Waals surface area contributed by atoms with E-state index in [9.17, 15) is 9.59 Å². The number of aromatic nitrogens is 5. The Morgan fingerprint density at radius 1 is 1.14 bits per heavy atom. The Labute approximate surface area is 168 Å². The van der Waals surface area contributed by atoms with E-state index in [4.69, 9.17) is 0 Å². The first-order chi connectivity index (χ1) is 13.9. The summed E-state index contributed by atoms with van der Waals surface area (Å²) < 4.78 is 2.67. The number of rotatable bonds is 4. The van der Waals surface area contributed by atoms with Crippen LogP contribution in [0.2, 0.25) is 0 Å². The second kappa shape index (κ2) is 7.65. The second-order valence-electron chi connectivity index (χ2n) is 7.62. The quantitative estimate of drug-likeness (QED) is 0.657. The van der Waals surface area contributed by atoms with Crippen LogP contribution in [0.1, 0.15) is 31.3 Å². The molecule has 29 heavy (non-hydrogen) atoms. The number of carbonyl (C=O) groups is 1. The van der Waals surface area contributed by atoms with Crippen LogP contribution < -0.4 is 10.6 Å². The standard InChI is InChI=1S/C20H25N7O2/c1-14(2)19-21-15(3)12-17(22-19)24-8-10-25(11-9-24)18(28)13-27-20(29)26-7-5-4-6-16(26)23-27/h4-7,12,14H,8-11,13H2,1-3H3. The van der Waals surface area contributed by atoms with Gasteiger partial charge in [-0.15, -0.1) is 5.10 Å². The molecule has 9 nitrogen and oxygen atoms in total. The van der Waals surface area contributed by atoms with Gasteiger partial charge >= 0.3 is 5.69 Å². The minimum absolute atomic E-state index is 0.0510. The van der Waals surface area contributed by atoms with Crippen molar-refractivity contribution in [1.29, 1.82) is 0 Å². The van der Waals surface area contributed by atoms with Gasteiger partial charge in [-0.2, -0.15) is 0 Å². The summed E-state index contributed by atoms with van der Waals surface area (Å²) in [5.41, 5.74) is 1.18. The first kappa shape index (κ1) is 19.1. The number of hydrogen-bond acceptors (Lipinski definition) is 6. The third-order valence-electron chi connectivity index (χ3n) is 5.10. The van der Waals surface area contributed by atoms with Gasteiger partial charge < -0.3 is 9.80 Å². The lowest BCUT2D eigenvalue weighted by Crippen LogP contribution is -2.50. The number of anilines is 1. The third-order valence-corrected chi connectivity index (χ3v) is 5.10. The summed E-state index contributed by atoms with van der Waals surface area (Å²) in [7, 11) is 0. The molecule has 0 bridgehead atoms. The second-order valence-corrected chi connectivity index (χ2v) is 7.62. The maximum atomic E-state index is 12.7. The summed E-state index contributed by atoms with van der Waals surface area (Å²) in [5, 5.41) is 4.24. The molecule has 0 aliphatic carbocycles. The Hall–Kier alpha value is -3.23. The fourth-order valence-electron chi connectivity index (χ4n) is 3.48. The van der Waals surface area contributed by atoms with Crippen molar-refractivity contribution in [2.24, 2.45) is 0 Å². The number of fused-ring (bicyclic) bond motifs is 1. The monoisotopic (exact) mass is 395 g/mol. The van der Waals surface area contributed by atoms with E-state index >= 15 is 0 Å². The average Bonchev–Trinajstić information content (AvgIpc) is 3.03. The van der Waals surface area contributed by atoms with Crippen molar-refractivity contribution in [2.75, 3.05) is 31.1 Å². The van der Waals surface area contributed by atoms with Gasteiger partial charge in [-0.05, 0) is 19.1 Å². The lowest BCUT2D eigenvalue weighted by atomic mass is 10.2. The average molecular weight is 395 g/mol. The molecule has 3 aromatic rings. The van der Waals surface area contributed by atoms with Crippen molar-refractivity contribution < 1.29 is 4.79 Å². The van der Waals surface area contributed by atoms with Gasteiger partial charge in [0.25, 0.3) is 0 Å². The zero-order valence-corrected chi connectivity index (χ0v) is 16.9. The lowest BCUT2D eigenvalue weighted by molar-refractivity contribution is -0.132. The molecule has 0 radical (unpaired) electrons. The van der Waals surface area contributed by atoms with Crippen LogP contribution in [0.5, 0.6) is 0 Å². The molecule has 1 aliphatic rings. The zero-order chi connectivity index (χ0) is 20.5. The topological polar surface area (TPSA) is 88.6 Å². The van der Waals surface area contributed by atoms with E-state index in [1.165, 1.54) is 9.08 Å². The van der Waals surface area contributed by atoms with Crippen LogP contribution in [0.25, 0.3) is 5.65 Å². The van der Waals surface area contributed by atoms with Crippen LogP contribution in [0, 0.1) is 6.92 Å². The molecular weight excluding hydrogens is 370 g/mol. The number of carbonyl (C=O) groups excluding carboxylic acids is 1. The molecule has 1 amide bonds. The van der Waals surface area contributed by atoms with Crippen LogP contribution >= 0.6 is 0 Å². The van der Waals surface area contributed by atoms with Crippen LogP contribution in [-0.2, 0) is 11.3 Å². The molecule has 1 saturated heterocycles. The molecule has 1 aliphatic heterocycles. The summed E-state index contributed by atoms with van der Waals surface area (Å²) in [5.74, 6) is 1.91. The van der Waals surface area contributed by atoms with Crippen molar-refractivity contribution in [3.05, 3.63) is 52.5 Å². The van der Waals surface area contributed by atoms with Gasteiger partial charge in [0.2, 0.25) is 5.91 Å². The van der Waals surface area contributed by atoms with Crippen molar-refractivity contribution >= 4 is 17.4 Å². The smallest absolute Gasteiger partial charge is 0.350 e. The minimum atomic E-state index is -0.301. The molecule has 0 spiro atoms. The van der Waals surface area contributed by atoms with Crippen LogP contribution in [0.3, 0.4) is 0 Å². The van der Waals surface area contributed by atoms with Crippen molar-refractivity contribution in [2.45, 2.75) is 33.2 Å². The molecule has 4 heterocycles. The largest absolute Gasteiger partial charge is 0.353 e. The SMILES string of the molecule is Cc1cc(N2CCN(C(=O)Cn3nc4ccccn4c3=O)CC2)nc(C(C)C)n1. The summed E-state index contributed by atoms with van der Waals surface area (Å²) in [6.45, 7) is 8.64. The van der Waals surface area contributed by atoms with Crippen molar-refractivity contribution in [3.8, 4) is 0 Å². The number of pyridine rings is 1. The van der Waals surface area contributed by atoms with E-state index < -0.39 is 0 Å². The minimum Gasteiger partial charge on any atom is -0.353 e. The van der Waals surface area contributed by atoms with Gasteiger partial charge in [-0.3, -0.25) is 9.20 Å². The molecule has 9 heteroatoms. The first-order valence-corrected chi connectivity index (χ1v) is 9.85. The maximum absolute atomic E-state index is 12.7. The molecule has 4 rings (SSSR count). The Morgan fingerprint density at radius 2 is 1.90 bits per heavy atom. The number of piperazine rings is 1. The zero-order valence-electron chi connectivity index (χ0n) is 16.9. The molecule has 0 N–H and O–H groups in total. The molecule has 0 aromatic carbocycles. The van der Waals surface area contributed by atoms with E-state index in [1.54, 1.807) is 23.2 Å². The fraction of sp³-hybridized carbons (Fsp3) is 0.450. The summed E-state index contributed by atoms with van der Waals surface area (Å²) in [6.07, 6.45) is 1.65. The van der Waals surface area contributed by atoms with E-state index in [2.05, 4.69) is 33.8 Å². The van der Waals surface area contributed by atoms with Crippen LogP contribution in [0.15, 0.2) is 35.3 Å². The maximum Gasteiger partial charge on any atom is 0.350 e. The number of amides is 1. The Morgan fingerprint density at radius 3 is 2.59 bits per heavy atom. The van der Waals surface area contributed by atoms with E-state index in [0.29, 0.717) is 31.8 Å². The Kier molecular flexibility index (Phi) is 5.04. The summed E-state index contributed by atoms with van der Waals surface area (Å²) in [4.78, 5) is 38.2. The molecule has 0 unspecified atom stereocenters. The van der Waals surface area contributed by atoms with Gasteiger partial charge in [-0.25, -0.2) is 19.4 Å². The summed E-state index contributed by atoms with van der Waals surface area (Å²) in [6, 6.07) is 7.31. The van der Waals surface area contributed by atoms with E-state index in [0.717, 1.165) is 17.3 Å². The van der Waals surface area contributed by atoms with E-state index in [-0.39, 0.29) is 24.1 Å². The highest BCUT2D eigenvalue weighted by molar-refractivity contribution is 5.76. The van der Waals surface area contributed by atoms with Crippen molar-refractivity contribution in [3.63, 3.8) is 0 Å². The van der Waals surface area contributed by atoms with Crippen molar-refractivity contribution in [1.82, 2.24) is 29.0 Å². The van der Waals surface area contributed by atoms with Gasteiger partial charge in [0, 0.05) is 50.1 Å².